The van der Waals surface area contributed by atoms with Gasteiger partial charge in [-0.2, -0.15) is 0 Å². The maximum atomic E-state index is 12.1. The van der Waals surface area contributed by atoms with Gasteiger partial charge < -0.3 is 14.8 Å². The van der Waals surface area contributed by atoms with Gasteiger partial charge in [0.2, 0.25) is 12.7 Å². The molecule has 148 valence electrons. The lowest BCUT2D eigenvalue weighted by Gasteiger charge is -2.08. The Labute approximate surface area is 174 Å². The van der Waals surface area contributed by atoms with E-state index in [1.807, 2.05) is 6.07 Å². The molecule has 0 unspecified atom stereocenters. The van der Waals surface area contributed by atoms with Gasteiger partial charge in [-0.1, -0.05) is 29.4 Å². The van der Waals surface area contributed by atoms with Crippen molar-refractivity contribution in [3.05, 3.63) is 53.8 Å². The second-order valence-electron chi connectivity index (χ2n) is 5.82. The number of thioether (sulfide) groups is 1. The van der Waals surface area contributed by atoms with Crippen molar-refractivity contribution in [2.24, 2.45) is 0 Å². The average molecular weight is 432 g/mol. The van der Waals surface area contributed by atoms with Crippen molar-refractivity contribution in [3.63, 3.8) is 0 Å². The summed E-state index contributed by atoms with van der Waals surface area (Å²) in [6.45, 7) is 0.139. The highest BCUT2D eigenvalue weighted by molar-refractivity contribution is 7.99. The zero-order valence-corrected chi connectivity index (χ0v) is 16.4. The number of ether oxygens (including phenoxy) is 2. The molecule has 0 atom stereocenters. The second kappa shape index (κ2) is 8.41. The van der Waals surface area contributed by atoms with Gasteiger partial charge >= 0.3 is 6.03 Å². The number of imide groups is 1. The Bertz CT molecular complexity index is 1070. The van der Waals surface area contributed by atoms with E-state index >= 15 is 0 Å². The summed E-state index contributed by atoms with van der Waals surface area (Å²) in [5.41, 5.74) is 1.25. The minimum Gasteiger partial charge on any atom is -0.454 e. The molecule has 0 aliphatic carbocycles. The van der Waals surface area contributed by atoms with Crippen LogP contribution in [0.25, 0.3) is 5.69 Å². The van der Waals surface area contributed by atoms with Crippen LogP contribution in [0.15, 0.2) is 53.9 Å². The van der Waals surface area contributed by atoms with Crippen molar-refractivity contribution in [2.45, 2.75) is 5.16 Å². The fraction of sp³-hybridized carbons (Fsp3) is 0.111. The predicted molar refractivity (Wildman–Crippen MR) is 107 cm³/mol. The fourth-order valence-electron chi connectivity index (χ4n) is 2.56. The van der Waals surface area contributed by atoms with E-state index in [0.717, 1.165) is 17.4 Å². The maximum absolute atomic E-state index is 12.1. The molecule has 3 amide bonds. The third-order valence-corrected chi connectivity index (χ3v) is 5.00. The van der Waals surface area contributed by atoms with Crippen LogP contribution in [0.1, 0.15) is 0 Å². The van der Waals surface area contributed by atoms with E-state index in [0.29, 0.717) is 27.4 Å². The first kappa shape index (κ1) is 19.1. The quantitative estimate of drug-likeness (QED) is 0.597. The fourth-order valence-corrected chi connectivity index (χ4v) is 3.47. The largest absolute Gasteiger partial charge is 0.454 e. The number of carbonyl (C=O) groups excluding carboxylic acids is 2. The van der Waals surface area contributed by atoms with Gasteiger partial charge in [0.15, 0.2) is 16.7 Å². The number of hydrogen-bond acceptors (Lipinski definition) is 7. The third kappa shape index (κ3) is 4.61. The molecular weight excluding hydrogens is 418 g/mol. The SMILES string of the molecule is O=C(CSc1nncn1-c1cccc(Cl)c1)NC(=O)Nc1ccc2c(c1)OCO2. The maximum Gasteiger partial charge on any atom is 0.325 e. The summed E-state index contributed by atoms with van der Waals surface area (Å²) >= 11 is 7.16. The Morgan fingerprint density at radius 3 is 2.90 bits per heavy atom. The Hall–Kier alpha value is -3.24. The Balaban J connectivity index is 1.31. The number of benzene rings is 2. The molecule has 1 aromatic heterocycles. The minimum atomic E-state index is -0.647. The van der Waals surface area contributed by atoms with E-state index in [9.17, 15) is 9.59 Å². The molecule has 0 bridgehead atoms. The molecule has 4 rings (SSSR count). The molecule has 2 N–H and O–H groups in total. The lowest BCUT2D eigenvalue weighted by molar-refractivity contribution is -0.117. The number of rotatable bonds is 5. The smallest absolute Gasteiger partial charge is 0.325 e. The third-order valence-electron chi connectivity index (χ3n) is 3.82. The number of halogens is 1. The Kier molecular flexibility index (Phi) is 5.54. The predicted octanol–water partition coefficient (Wildman–Crippen LogP) is 3.09. The summed E-state index contributed by atoms with van der Waals surface area (Å²) in [4.78, 5) is 24.2. The highest BCUT2D eigenvalue weighted by atomic mass is 35.5. The Morgan fingerprint density at radius 1 is 1.17 bits per heavy atom. The minimum absolute atomic E-state index is 0.0200. The number of fused-ring (bicyclic) bond motifs is 1. The van der Waals surface area contributed by atoms with Gasteiger partial charge in [-0.3, -0.25) is 14.7 Å². The molecule has 0 saturated carbocycles. The molecule has 0 fully saturated rings. The molecule has 2 aromatic carbocycles. The van der Waals surface area contributed by atoms with Crippen LogP contribution in [-0.2, 0) is 4.79 Å². The van der Waals surface area contributed by atoms with E-state index in [2.05, 4.69) is 20.8 Å². The zero-order chi connectivity index (χ0) is 20.2. The molecular formula is C18H14ClN5O4S. The molecule has 1 aliphatic heterocycles. The van der Waals surface area contributed by atoms with Crippen LogP contribution in [0.4, 0.5) is 10.5 Å². The number of hydrogen-bond donors (Lipinski definition) is 2. The molecule has 9 nitrogen and oxygen atoms in total. The van der Waals surface area contributed by atoms with Crippen LogP contribution in [0.3, 0.4) is 0 Å². The normalized spacial score (nSPS) is 11.9. The Morgan fingerprint density at radius 2 is 2.03 bits per heavy atom. The first-order valence-electron chi connectivity index (χ1n) is 8.38. The monoisotopic (exact) mass is 431 g/mol. The van der Waals surface area contributed by atoms with Gasteiger partial charge in [0.05, 0.1) is 11.4 Å². The van der Waals surface area contributed by atoms with Crippen molar-refractivity contribution in [2.75, 3.05) is 17.9 Å². The van der Waals surface area contributed by atoms with E-state index in [1.54, 1.807) is 41.0 Å². The first-order chi connectivity index (χ1) is 14.1. The van der Waals surface area contributed by atoms with Crippen molar-refractivity contribution >= 4 is 41.0 Å². The van der Waals surface area contributed by atoms with Crippen molar-refractivity contribution in [1.82, 2.24) is 20.1 Å². The van der Waals surface area contributed by atoms with Crippen LogP contribution in [0, 0.1) is 0 Å². The number of aromatic nitrogens is 3. The van der Waals surface area contributed by atoms with E-state index in [4.69, 9.17) is 21.1 Å². The van der Waals surface area contributed by atoms with Crippen molar-refractivity contribution in [3.8, 4) is 17.2 Å². The number of nitrogens with zero attached hydrogens (tertiary/aromatic N) is 3. The molecule has 29 heavy (non-hydrogen) atoms. The molecule has 3 aromatic rings. The number of anilines is 1. The summed E-state index contributed by atoms with van der Waals surface area (Å²) in [7, 11) is 0. The summed E-state index contributed by atoms with van der Waals surface area (Å²) in [6, 6.07) is 11.5. The topological polar surface area (TPSA) is 107 Å². The lowest BCUT2D eigenvalue weighted by Crippen LogP contribution is -2.35. The molecule has 0 spiro atoms. The van der Waals surface area contributed by atoms with Gasteiger partial charge in [0.1, 0.15) is 6.33 Å². The molecule has 0 radical (unpaired) electrons. The van der Waals surface area contributed by atoms with Crippen LogP contribution in [-0.4, -0.2) is 39.2 Å². The zero-order valence-electron chi connectivity index (χ0n) is 14.8. The van der Waals surface area contributed by atoms with Crippen LogP contribution >= 0.6 is 23.4 Å². The average Bonchev–Trinajstić information content (AvgIpc) is 3.35. The lowest BCUT2D eigenvalue weighted by atomic mass is 10.3. The van der Waals surface area contributed by atoms with Gasteiger partial charge in [0, 0.05) is 16.8 Å². The summed E-state index contributed by atoms with van der Waals surface area (Å²) in [6.07, 6.45) is 1.53. The summed E-state index contributed by atoms with van der Waals surface area (Å²) < 4.78 is 12.2. The van der Waals surface area contributed by atoms with Gasteiger partial charge in [-0.15, -0.1) is 10.2 Å². The number of amides is 3. The van der Waals surface area contributed by atoms with E-state index in [1.165, 1.54) is 6.33 Å². The second-order valence-corrected chi connectivity index (χ2v) is 7.20. The number of carbonyl (C=O) groups is 2. The number of nitrogens with one attached hydrogen (secondary N) is 2. The van der Waals surface area contributed by atoms with Crippen LogP contribution in [0.2, 0.25) is 5.02 Å². The van der Waals surface area contributed by atoms with Crippen LogP contribution < -0.4 is 20.1 Å². The van der Waals surface area contributed by atoms with Gasteiger partial charge in [0.25, 0.3) is 0 Å². The molecule has 11 heteroatoms. The standard InChI is InChI=1S/C18H14ClN5O4S/c19-11-2-1-3-13(6-11)24-9-20-23-18(24)29-8-16(25)22-17(26)21-12-4-5-14-15(7-12)28-10-27-14/h1-7,9H,8,10H2,(H2,21,22,25,26). The van der Waals surface area contributed by atoms with Crippen LogP contribution in [0.5, 0.6) is 11.5 Å². The van der Waals surface area contributed by atoms with Gasteiger partial charge in [-0.25, -0.2) is 4.79 Å². The highest BCUT2D eigenvalue weighted by Crippen LogP contribution is 2.34. The molecule has 2 heterocycles. The first-order valence-corrected chi connectivity index (χ1v) is 9.74. The van der Waals surface area contributed by atoms with E-state index < -0.39 is 11.9 Å². The van der Waals surface area contributed by atoms with Crippen molar-refractivity contribution in [1.29, 1.82) is 0 Å². The number of urea groups is 1. The highest BCUT2D eigenvalue weighted by Gasteiger charge is 2.16. The van der Waals surface area contributed by atoms with Crippen molar-refractivity contribution < 1.29 is 19.1 Å². The summed E-state index contributed by atoms with van der Waals surface area (Å²) in [5.74, 6) is 0.638. The van der Waals surface area contributed by atoms with Gasteiger partial charge in [-0.05, 0) is 30.3 Å². The van der Waals surface area contributed by atoms with E-state index in [-0.39, 0.29) is 12.5 Å². The molecule has 1 aliphatic rings. The summed E-state index contributed by atoms with van der Waals surface area (Å²) in [5, 5.41) is 13.8. The molecule has 0 saturated heterocycles.